The molecule has 1 aromatic carbocycles. The van der Waals surface area contributed by atoms with Crippen LogP contribution in [0.5, 0.6) is 0 Å². The minimum absolute atomic E-state index is 0.122. The molecule has 11 heteroatoms. The standard InChI is InChI=1S/C27H24BrN7O3/c1-16(36)26-20-12-18(19-13-29-17(2)30-14-19)9-10-21(20)35(33-26)15-25(37)34-11-4-3-6-22(34)27(38)32-24-8-5-7-23(28)31-24/h3-5,7-10,12-14,22H,6,11,15H2,1-2H3,(H,31,32,38)/t22-/m0/s1. The van der Waals surface area contributed by atoms with E-state index < -0.39 is 6.04 Å². The molecule has 0 spiro atoms. The number of pyridine rings is 1. The first kappa shape index (κ1) is 25.4. The van der Waals surface area contributed by atoms with Crippen LogP contribution in [0.2, 0.25) is 0 Å². The molecule has 4 aromatic rings. The van der Waals surface area contributed by atoms with Crippen LogP contribution in [0.4, 0.5) is 5.82 Å². The molecule has 3 aromatic heterocycles. The summed E-state index contributed by atoms with van der Waals surface area (Å²) >= 11 is 3.29. The van der Waals surface area contributed by atoms with Gasteiger partial charge in [-0.15, -0.1) is 0 Å². The average Bonchev–Trinajstić information content (AvgIpc) is 3.27. The number of aromatic nitrogens is 5. The van der Waals surface area contributed by atoms with E-state index in [1.807, 2.05) is 37.3 Å². The van der Waals surface area contributed by atoms with Crippen LogP contribution < -0.4 is 5.32 Å². The van der Waals surface area contributed by atoms with E-state index in [0.29, 0.717) is 40.1 Å². The molecule has 1 aliphatic rings. The summed E-state index contributed by atoms with van der Waals surface area (Å²) in [6, 6.07) is 10.1. The van der Waals surface area contributed by atoms with Gasteiger partial charge in [0.1, 0.15) is 34.5 Å². The van der Waals surface area contributed by atoms with E-state index in [1.54, 1.807) is 30.6 Å². The number of hydrogen-bond donors (Lipinski definition) is 1. The maximum Gasteiger partial charge on any atom is 0.248 e. The molecule has 0 unspecified atom stereocenters. The molecule has 1 atom stereocenters. The van der Waals surface area contributed by atoms with Gasteiger partial charge in [0, 0.05) is 36.8 Å². The molecule has 0 saturated carbocycles. The van der Waals surface area contributed by atoms with Crippen molar-refractivity contribution in [3.8, 4) is 11.1 Å². The van der Waals surface area contributed by atoms with Crippen LogP contribution >= 0.6 is 15.9 Å². The Hall–Kier alpha value is -4.25. The smallest absolute Gasteiger partial charge is 0.248 e. The number of aryl methyl sites for hydroxylation is 1. The van der Waals surface area contributed by atoms with Crippen LogP contribution in [0.3, 0.4) is 0 Å². The molecule has 0 fully saturated rings. The fourth-order valence-corrected chi connectivity index (χ4v) is 4.72. The lowest BCUT2D eigenvalue weighted by molar-refractivity contribution is -0.138. The number of carbonyl (C=O) groups is 3. The zero-order valence-corrected chi connectivity index (χ0v) is 22.3. The zero-order chi connectivity index (χ0) is 26.8. The van der Waals surface area contributed by atoms with Crippen molar-refractivity contribution in [3.63, 3.8) is 0 Å². The first-order chi connectivity index (χ1) is 18.3. The Kier molecular flexibility index (Phi) is 7.10. The number of carbonyl (C=O) groups excluding carboxylic acids is 3. The van der Waals surface area contributed by atoms with Gasteiger partial charge >= 0.3 is 0 Å². The van der Waals surface area contributed by atoms with Crippen LogP contribution in [0, 0.1) is 6.92 Å². The van der Waals surface area contributed by atoms with Gasteiger partial charge in [-0.3, -0.25) is 19.1 Å². The van der Waals surface area contributed by atoms with Crippen molar-refractivity contribution in [3.05, 3.63) is 77.1 Å². The molecule has 0 radical (unpaired) electrons. The summed E-state index contributed by atoms with van der Waals surface area (Å²) in [5.41, 5.74) is 2.57. The van der Waals surface area contributed by atoms with Crippen molar-refractivity contribution in [1.82, 2.24) is 29.6 Å². The van der Waals surface area contributed by atoms with Crippen LogP contribution in [0.25, 0.3) is 22.0 Å². The van der Waals surface area contributed by atoms with Gasteiger partial charge in [-0.25, -0.2) is 15.0 Å². The lowest BCUT2D eigenvalue weighted by atomic mass is 10.0. The van der Waals surface area contributed by atoms with Gasteiger partial charge in [-0.1, -0.05) is 24.3 Å². The van der Waals surface area contributed by atoms with E-state index in [1.165, 1.54) is 16.5 Å². The Morgan fingerprint density at radius 1 is 1.08 bits per heavy atom. The average molecular weight is 574 g/mol. The summed E-state index contributed by atoms with van der Waals surface area (Å²) in [7, 11) is 0. The fourth-order valence-electron chi connectivity index (χ4n) is 4.38. The Balaban J connectivity index is 1.41. The van der Waals surface area contributed by atoms with Crippen LogP contribution in [0.15, 0.2) is 65.5 Å². The summed E-state index contributed by atoms with van der Waals surface area (Å²) in [5.74, 6) is 0.238. The number of nitrogens with zero attached hydrogens (tertiary/aromatic N) is 6. The maximum atomic E-state index is 13.5. The van der Waals surface area contributed by atoms with E-state index in [9.17, 15) is 14.4 Å². The van der Waals surface area contributed by atoms with Crippen LogP contribution in [0.1, 0.15) is 29.7 Å². The Bertz CT molecular complexity index is 1580. The van der Waals surface area contributed by atoms with Gasteiger partial charge in [-0.05, 0) is 59.1 Å². The lowest BCUT2D eigenvalue weighted by Gasteiger charge is -2.32. The van der Waals surface area contributed by atoms with Crippen LogP contribution in [-0.2, 0) is 16.1 Å². The predicted molar refractivity (Wildman–Crippen MR) is 145 cm³/mol. The molecule has 38 heavy (non-hydrogen) atoms. The van der Waals surface area contributed by atoms with E-state index in [-0.39, 0.29) is 29.8 Å². The highest BCUT2D eigenvalue weighted by Gasteiger charge is 2.31. The lowest BCUT2D eigenvalue weighted by Crippen LogP contribution is -2.49. The second kappa shape index (κ2) is 10.6. The van der Waals surface area contributed by atoms with Crippen molar-refractivity contribution in [2.24, 2.45) is 0 Å². The number of nitrogens with one attached hydrogen (secondary N) is 1. The van der Waals surface area contributed by atoms with Gasteiger partial charge in [0.15, 0.2) is 5.78 Å². The molecule has 1 aliphatic heterocycles. The van der Waals surface area contributed by atoms with Gasteiger partial charge in [0.25, 0.3) is 0 Å². The first-order valence-electron chi connectivity index (χ1n) is 12.0. The number of hydrogen-bond acceptors (Lipinski definition) is 7. The number of Topliss-reactive ketones (excluding diaryl/α,β-unsaturated/α-hetero) is 1. The van der Waals surface area contributed by atoms with Crippen molar-refractivity contribution in [2.75, 3.05) is 11.9 Å². The number of anilines is 1. The van der Waals surface area contributed by atoms with Crippen molar-refractivity contribution in [2.45, 2.75) is 32.9 Å². The summed E-state index contributed by atoms with van der Waals surface area (Å²) in [5, 5.41) is 7.90. The van der Waals surface area contributed by atoms with E-state index in [0.717, 1.165) is 11.1 Å². The summed E-state index contributed by atoms with van der Waals surface area (Å²) in [6.07, 6.45) is 7.58. The number of ketones is 1. The maximum absolute atomic E-state index is 13.5. The molecule has 2 amide bonds. The molecule has 0 bridgehead atoms. The number of halogens is 1. The Morgan fingerprint density at radius 3 is 2.61 bits per heavy atom. The van der Waals surface area contributed by atoms with Crippen molar-refractivity contribution >= 4 is 50.2 Å². The van der Waals surface area contributed by atoms with E-state index >= 15 is 0 Å². The molecule has 192 valence electrons. The molecule has 5 rings (SSSR count). The molecular weight excluding hydrogens is 550 g/mol. The highest BCUT2D eigenvalue weighted by molar-refractivity contribution is 9.10. The zero-order valence-electron chi connectivity index (χ0n) is 20.8. The second-order valence-corrected chi connectivity index (χ2v) is 9.73. The monoisotopic (exact) mass is 573 g/mol. The second-order valence-electron chi connectivity index (χ2n) is 8.92. The first-order valence-corrected chi connectivity index (χ1v) is 12.8. The SMILES string of the molecule is CC(=O)c1nn(CC(=O)N2CC=CC[C@H]2C(=O)Nc2cccc(Br)n2)c2ccc(-c3cnc(C)nc3)cc12. The molecule has 1 N–H and O–H groups in total. The number of benzene rings is 1. The molecule has 4 heterocycles. The largest absolute Gasteiger partial charge is 0.325 e. The predicted octanol–water partition coefficient (Wildman–Crippen LogP) is 3.96. The highest BCUT2D eigenvalue weighted by Crippen LogP contribution is 2.27. The molecular formula is C27H24BrN7O3. The molecule has 0 saturated heterocycles. The quantitative estimate of drug-likeness (QED) is 0.210. The number of fused-ring (bicyclic) bond motifs is 1. The Labute approximate surface area is 226 Å². The van der Waals surface area contributed by atoms with Crippen molar-refractivity contribution < 1.29 is 14.4 Å². The molecule has 0 aliphatic carbocycles. The third kappa shape index (κ3) is 5.23. The fraction of sp³-hybridized carbons (Fsp3) is 0.222. The Morgan fingerprint density at radius 2 is 1.87 bits per heavy atom. The third-order valence-electron chi connectivity index (χ3n) is 6.28. The number of rotatable bonds is 6. The minimum Gasteiger partial charge on any atom is -0.325 e. The van der Waals surface area contributed by atoms with Gasteiger partial charge in [-0.2, -0.15) is 5.10 Å². The highest BCUT2D eigenvalue weighted by atomic mass is 79.9. The summed E-state index contributed by atoms with van der Waals surface area (Å²) in [6.45, 7) is 3.43. The van der Waals surface area contributed by atoms with E-state index in [2.05, 4.69) is 41.3 Å². The summed E-state index contributed by atoms with van der Waals surface area (Å²) < 4.78 is 2.11. The third-order valence-corrected chi connectivity index (χ3v) is 6.72. The van der Waals surface area contributed by atoms with E-state index in [4.69, 9.17) is 0 Å². The van der Waals surface area contributed by atoms with Crippen molar-refractivity contribution in [1.29, 1.82) is 0 Å². The number of amides is 2. The van der Waals surface area contributed by atoms with Gasteiger partial charge in [0.05, 0.1) is 5.52 Å². The minimum atomic E-state index is -0.699. The normalized spacial score (nSPS) is 15.0. The van der Waals surface area contributed by atoms with Gasteiger partial charge in [0.2, 0.25) is 11.8 Å². The topological polar surface area (TPSA) is 123 Å². The molecule has 10 nitrogen and oxygen atoms in total. The summed E-state index contributed by atoms with van der Waals surface area (Å²) in [4.78, 5) is 53.2. The van der Waals surface area contributed by atoms with Gasteiger partial charge < -0.3 is 10.2 Å². The van der Waals surface area contributed by atoms with Crippen LogP contribution in [-0.4, -0.2) is 59.8 Å².